The molecule has 0 unspecified atom stereocenters. The Morgan fingerprint density at radius 3 is 1.15 bits per heavy atom. The first-order chi connectivity index (χ1) is 21.6. The van der Waals surface area contributed by atoms with E-state index in [9.17, 15) is 57.1 Å². The average Bonchev–Trinajstić information content (AvgIpc) is 2.87. The highest BCUT2D eigenvalue weighted by molar-refractivity contribution is 6.34. The molecule has 0 nitrogen and oxygen atoms in total. The maximum Gasteiger partial charge on any atom is 0.416 e. The molecule has 0 aliphatic heterocycles. The molecule has 0 N–H and O–H groups in total. The summed E-state index contributed by atoms with van der Waals surface area (Å²) >= 11 is 11.3. The molecule has 0 aliphatic carbocycles. The van der Waals surface area contributed by atoms with Crippen LogP contribution in [0, 0.1) is 40.4 Å². The maximum atomic E-state index is 12.5. The fourth-order valence-electron chi connectivity index (χ4n) is 3.76. The van der Waals surface area contributed by atoms with Gasteiger partial charge >= 0.3 is 24.7 Å². The molecule has 0 fully saturated rings. The molecule has 48 heavy (non-hydrogen) atoms. The molecular formula is C33H27Cl2F13. The molecule has 4 aromatic rings. The topological polar surface area (TPSA) is 0 Å². The summed E-state index contributed by atoms with van der Waals surface area (Å²) in [6.07, 6.45) is -18.2. The van der Waals surface area contributed by atoms with Gasteiger partial charge in [-0.2, -0.15) is 52.7 Å². The van der Waals surface area contributed by atoms with E-state index in [1.807, 2.05) is 19.1 Å². The zero-order valence-electron chi connectivity index (χ0n) is 25.6. The Morgan fingerprint density at radius 1 is 0.438 bits per heavy atom. The van der Waals surface area contributed by atoms with Gasteiger partial charge in [0.05, 0.1) is 22.3 Å². The SMILES string of the molecule is Cc1cc(C(F)(F)F)cc(C(F)(F)F)c1.Cc1cc(Cl)cc(Cl)c1.Cc1cc(F)cc(C(F)(F)F)c1.Cc1cccc(C(F)(F)F)c1C. The third-order valence-electron chi connectivity index (χ3n) is 6.02. The van der Waals surface area contributed by atoms with Gasteiger partial charge in [-0.05, 0) is 123 Å². The van der Waals surface area contributed by atoms with Gasteiger partial charge in [0.2, 0.25) is 0 Å². The molecule has 0 radical (unpaired) electrons. The van der Waals surface area contributed by atoms with E-state index in [1.54, 1.807) is 19.1 Å². The highest BCUT2D eigenvalue weighted by Gasteiger charge is 2.36. The van der Waals surface area contributed by atoms with Crippen molar-refractivity contribution in [2.45, 2.75) is 59.3 Å². The number of halogens is 15. The van der Waals surface area contributed by atoms with Crippen molar-refractivity contribution in [3.63, 3.8) is 0 Å². The summed E-state index contributed by atoms with van der Waals surface area (Å²) in [5.74, 6) is -0.859. The molecule has 0 spiro atoms. The normalized spacial score (nSPS) is 11.8. The van der Waals surface area contributed by atoms with Gasteiger partial charge in [-0.1, -0.05) is 35.3 Å². The lowest BCUT2D eigenvalue weighted by atomic mass is 10.0. The monoisotopic (exact) mass is 740 g/mol. The highest BCUT2D eigenvalue weighted by atomic mass is 35.5. The molecular weight excluding hydrogens is 714 g/mol. The Labute approximate surface area is 278 Å². The van der Waals surface area contributed by atoms with Crippen LogP contribution >= 0.6 is 23.2 Å². The van der Waals surface area contributed by atoms with Crippen LogP contribution in [0.1, 0.15) is 50.1 Å². The number of rotatable bonds is 0. The van der Waals surface area contributed by atoms with E-state index in [0.717, 1.165) is 23.8 Å². The first kappa shape index (κ1) is 42.6. The predicted octanol–water partition coefficient (Wildman–Crippen LogP) is 13.8. The first-order valence-electron chi connectivity index (χ1n) is 13.3. The number of hydrogen-bond acceptors (Lipinski definition) is 0. The molecule has 264 valence electrons. The van der Waals surface area contributed by atoms with E-state index < -0.39 is 52.8 Å². The summed E-state index contributed by atoms with van der Waals surface area (Å²) in [4.78, 5) is 0. The van der Waals surface area contributed by atoms with Crippen LogP contribution in [0.4, 0.5) is 57.1 Å². The summed E-state index contributed by atoms with van der Waals surface area (Å²) in [7, 11) is 0. The molecule has 0 heterocycles. The van der Waals surface area contributed by atoms with Gasteiger partial charge in [0.25, 0.3) is 0 Å². The van der Waals surface area contributed by atoms with Crippen molar-refractivity contribution in [3.8, 4) is 0 Å². The quantitative estimate of drug-likeness (QED) is 0.158. The molecule has 0 saturated heterocycles. The highest BCUT2D eigenvalue weighted by Crippen LogP contribution is 2.36. The molecule has 0 aliphatic rings. The zero-order valence-corrected chi connectivity index (χ0v) is 27.1. The van der Waals surface area contributed by atoms with E-state index in [-0.39, 0.29) is 17.2 Å². The van der Waals surface area contributed by atoms with E-state index in [0.29, 0.717) is 39.4 Å². The molecule has 0 atom stereocenters. The summed E-state index contributed by atoms with van der Waals surface area (Å²) in [5, 5.41) is 1.39. The number of hydrogen-bond donors (Lipinski definition) is 0. The van der Waals surface area contributed by atoms with Crippen molar-refractivity contribution in [1.82, 2.24) is 0 Å². The smallest absolute Gasteiger partial charge is 0.207 e. The van der Waals surface area contributed by atoms with Crippen LogP contribution in [0.3, 0.4) is 0 Å². The minimum atomic E-state index is -4.76. The lowest BCUT2D eigenvalue weighted by molar-refractivity contribution is -0.143. The fraction of sp³-hybridized carbons (Fsp3) is 0.273. The van der Waals surface area contributed by atoms with E-state index in [4.69, 9.17) is 23.2 Å². The Morgan fingerprint density at radius 2 is 0.812 bits per heavy atom. The molecule has 4 rings (SSSR count). The van der Waals surface area contributed by atoms with Crippen LogP contribution < -0.4 is 0 Å². The molecule has 4 aromatic carbocycles. The average molecular weight is 741 g/mol. The third kappa shape index (κ3) is 14.8. The van der Waals surface area contributed by atoms with E-state index in [2.05, 4.69) is 0 Å². The lowest BCUT2D eigenvalue weighted by Crippen LogP contribution is -2.11. The largest absolute Gasteiger partial charge is 0.416 e. The Balaban J connectivity index is 0.000000324. The Kier molecular flexibility index (Phi) is 14.9. The van der Waals surface area contributed by atoms with Gasteiger partial charge < -0.3 is 0 Å². The summed E-state index contributed by atoms with van der Waals surface area (Å²) in [6.45, 7) is 7.71. The van der Waals surface area contributed by atoms with Crippen molar-refractivity contribution in [3.05, 3.63) is 139 Å². The Bertz CT molecular complexity index is 1550. The van der Waals surface area contributed by atoms with Crippen LogP contribution in [0.2, 0.25) is 10.0 Å². The fourth-order valence-corrected chi connectivity index (χ4v) is 4.40. The minimum absolute atomic E-state index is 0.0721. The molecule has 0 aromatic heterocycles. The van der Waals surface area contributed by atoms with Gasteiger partial charge in [-0.25, -0.2) is 4.39 Å². The van der Waals surface area contributed by atoms with Crippen molar-refractivity contribution in [2.24, 2.45) is 0 Å². The number of alkyl halides is 12. The Hall–Kier alpha value is -3.45. The van der Waals surface area contributed by atoms with E-state index >= 15 is 0 Å². The van der Waals surface area contributed by atoms with Crippen molar-refractivity contribution in [1.29, 1.82) is 0 Å². The van der Waals surface area contributed by atoms with Gasteiger partial charge in [-0.15, -0.1) is 0 Å². The van der Waals surface area contributed by atoms with Gasteiger partial charge in [0, 0.05) is 10.0 Å². The summed E-state index contributed by atoms with van der Waals surface area (Å²) in [5.41, 5.74) is -1.78. The molecule has 15 heteroatoms. The molecule has 0 amide bonds. The van der Waals surface area contributed by atoms with Crippen LogP contribution in [-0.2, 0) is 24.7 Å². The van der Waals surface area contributed by atoms with Crippen molar-refractivity contribution < 1.29 is 57.1 Å². The lowest BCUT2D eigenvalue weighted by Gasteiger charge is -2.12. The minimum Gasteiger partial charge on any atom is -0.207 e. The predicted molar refractivity (Wildman–Crippen MR) is 159 cm³/mol. The summed E-state index contributed by atoms with van der Waals surface area (Å²) in [6, 6.07) is 13.5. The third-order valence-corrected chi connectivity index (χ3v) is 6.45. The standard InChI is InChI=1S/C9H6F6.C9H9F3.C8H6F4.C7H6Cl2/c1-5-2-6(8(10,11)12)4-7(3-5)9(13,14)15;1-6-4-3-5-8(7(6)2)9(10,11)12;1-5-2-6(8(10,11)12)4-7(9)3-5;1-5-2-6(8)4-7(9)3-5/h2-4H,1H3;3-5H,1-2H3;2-4H,1H3;2-4H,1H3. The zero-order chi connectivity index (χ0) is 37.4. The molecule has 0 bridgehead atoms. The second-order valence-electron chi connectivity index (χ2n) is 10.3. The number of aryl methyl sites for hydroxylation is 4. The van der Waals surface area contributed by atoms with Crippen LogP contribution in [0.5, 0.6) is 0 Å². The van der Waals surface area contributed by atoms with Crippen molar-refractivity contribution >= 4 is 23.2 Å². The second-order valence-corrected chi connectivity index (χ2v) is 11.2. The summed E-state index contributed by atoms with van der Waals surface area (Å²) < 4.78 is 158. The van der Waals surface area contributed by atoms with E-state index in [1.165, 1.54) is 26.8 Å². The first-order valence-corrected chi connectivity index (χ1v) is 14.0. The second kappa shape index (κ2) is 16.8. The van der Waals surface area contributed by atoms with Crippen molar-refractivity contribution in [2.75, 3.05) is 0 Å². The van der Waals surface area contributed by atoms with Crippen LogP contribution in [0.25, 0.3) is 0 Å². The van der Waals surface area contributed by atoms with Gasteiger partial charge in [0.15, 0.2) is 0 Å². The number of benzene rings is 4. The van der Waals surface area contributed by atoms with Crippen LogP contribution in [-0.4, -0.2) is 0 Å². The van der Waals surface area contributed by atoms with Gasteiger partial charge in [0.1, 0.15) is 5.82 Å². The van der Waals surface area contributed by atoms with Crippen LogP contribution in [0.15, 0.2) is 72.8 Å². The molecule has 0 saturated carbocycles. The maximum absolute atomic E-state index is 12.5. The van der Waals surface area contributed by atoms with Gasteiger partial charge in [-0.3, -0.25) is 0 Å².